The zero-order valence-corrected chi connectivity index (χ0v) is 17.7. The Hall–Kier alpha value is -1.89. The lowest BCUT2D eigenvalue weighted by molar-refractivity contribution is -0.156. The lowest BCUT2D eigenvalue weighted by Gasteiger charge is -2.45. The van der Waals surface area contributed by atoms with E-state index in [1.54, 1.807) is 0 Å². The van der Waals surface area contributed by atoms with E-state index in [4.69, 9.17) is 5.73 Å². The summed E-state index contributed by atoms with van der Waals surface area (Å²) in [4.78, 5) is 38.5. The van der Waals surface area contributed by atoms with Gasteiger partial charge in [0.1, 0.15) is 5.00 Å². The van der Waals surface area contributed by atoms with Crippen molar-refractivity contribution in [3.8, 4) is 0 Å². The molecule has 6 nitrogen and oxygen atoms in total. The van der Waals surface area contributed by atoms with Gasteiger partial charge in [0.15, 0.2) is 0 Å². The molecule has 3 saturated carbocycles. The van der Waals surface area contributed by atoms with Crippen molar-refractivity contribution in [3.05, 3.63) is 16.0 Å². The minimum Gasteiger partial charge on any atom is -0.481 e. The predicted octanol–water partition coefficient (Wildman–Crippen LogP) is 3.83. The topological polar surface area (TPSA) is 109 Å². The molecule has 3 fully saturated rings. The van der Waals surface area contributed by atoms with Gasteiger partial charge < -0.3 is 16.2 Å². The van der Waals surface area contributed by atoms with E-state index in [0.717, 1.165) is 68.2 Å². The summed E-state index contributed by atoms with van der Waals surface area (Å²) in [6.07, 6.45) is 8.69. The van der Waals surface area contributed by atoms with Gasteiger partial charge in [0, 0.05) is 4.88 Å². The fraction of sp³-hybridized carbons (Fsp3) is 0.682. The summed E-state index contributed by atoms with van der Waals surface area (Å²) < 4.78 is 0. The molecule has 5 rings (SSSR count). The highest BCUT2D eigenvalue weighted by atomic mass is 32.1. The Labute approximate surface area is 175 Å². The van der Waals surface area contributed by atoms with Crippen molar-refractivity contribution in [1.82, 2.24) is 0 Å². The van der Waals surface area contributed by atoms with Crippen molar-refractivity contribution in [1.29, 1.82) is 0 Å². The Morgan fingerprint density at radius 2 is 1.76 bits per heavy atom. The summed E-state index contributed by atoms with van der Waals surface area (Å²) in [6, 6.07) is 0. The number of carbonyl (C=O) groups is 3. The third-order valence-corrected chi connectivity index (χ3v) is 8.52. The zero-order chi connectivity index (χ0) is 20.7. The van der Waals surface area contributed by atoms with Gasteiger partial charge in [-0.2, -0.15) is 0 Å². The van der Waals surface area contributed by atoms with Crippen LogP contribution in [0.3, 0.4) is 0 Å². The van der Waals surface area contributed by atoms with Crippen molar-refractivity contribution in [2.45, 2.75) is 64.7 Å². The Balaban J connectivity index is 1.60. The number of anilines is 1. The number of aliphatic carboxylic acids is 1. The molecule has 0 radical (unpaired) electrons. The van der Waals surface area contributed by atoms with Crippen LogP contribution in [0.1, 0.15) is 72.7 Å². The van der Waals surface area contributed by atoms with Crippen LogP contribution in [0.15, 0.2) is 0 Å². The van der Waals surface area contributed by atoms with E-state index >= 15 is 0 Å². The van der Waals surface area contributed by atoms with Crippen molar-refractivity contribution in [3.63, 3.8) is 0 Å². The second-order valence-electron chi connectivity index (χ2n) is 9.02. The van der Waals surface area contributed by atoms with Crippen LogP contribution in [0.2, 0.25) is 0 Å². The van der Waals surface area contributed by atoms with Crippen LogP contribution in [-0.4, -0.2) is 22.9 Å². The first-order valence-electron chi connectivity index (χ1n) is 10.9. The van der Waals surface area contributed by atoms with Gasteiger partial charge in [-0.15, -0.1) is 11.3 Å². The molecule has 4 N–H and O–H groups in total. The smallest absolute Gasteiger partial charge is 0.307 e. The minimum absolute atomic E-state index is 0.0789. The fourth-order valence-corrected chi connectivity index (χ4v) is 7.41. The second kappa shape index (κ2) is 8.09. The van der Waals surface area contributed by atoms with Gasteiger partial charge in [-0.1, -0.05) is 19.8 Å². The average Bonchev–Trinajstić information content (AvgIpc) is 3.05. The third kappa shape index (κ3) is 3.69. The van der Waals surface area contributed by atoms with Crippen molar-refractivity contribution in [2.24, 2.45) is 35.3 Å². The summed E-state index contributed by atoms with van der Waals surface area (Å²) in [5.41, 5.74) is 7.13. The number of rotatable bonds is 6. The van der Waals surface area contributed by atoms with Gasteiger partial charge in [-0.25, -0.2) is 0 Å². The number of hydrogen-bond donors (Lipinski definition) is 3. The molecule has 2 amide bonds. The van der Waals surface area contributed by atoms with Crippen LogP contribution >= 0.6 is 11.3 Å². The highest BCUT2D eigenvalue weighted by Gasteiger charge is 2.50. The largest absolute Gasteiger partial charge is 0.481 e. The van der Waals surface area contributed by atoms with Crippen LogP contribution in [-0.2, 0) is 22.4 Å². The van der Waals surface area contributed by atoms with Gasteiger partial charge >= 0.3 is 5.97 Å². The molecule has 7 heteroatoms. The first kappa shape index (κ1) is 20.4. The van der Waals surface area contributed by atoms with E-state index in [1.165, 1.54) is 11.3 Å². The Kier molecular flexibility index (Phi) is 5.69. The standard InChI is InChI=1S/C22H30N2O4S/c1-2-3-11-4-9-14-15(10-11)29-21(18(14)19(23)25)24-20(26)16-12-5-7-13(8-6-12)17(16)22(27)28/h11-13,16-17H,2-10H2,1H3,(H2,23,25)(H,24,26)(H,27,28). The first-order valence-corrected chi connectivity index (χ1v) is 11.7. The SMILES string of the molecule is CCCC1CCc2c(sc(NC(=O)C3C4CCC(CC4)C3C(=O)O)c2C(N)=O)C1. The molecule has 0 saturated heterocycles. The maximum atomic E-state index is 13.2. The van der Waals surface area contributed by atoms with Crippen molar-refractivity contribution < 1.29 is 19.5 Å². The first-order chi connectivity index (χ1) is 13.9. The monoisotopic (exact) mass is 418 g/mol. The molecule has 4 aliphatic carbocycles. The maximum Gasteiger partial charge on any atom is 0.307 e. The molecule has 0 aromatic carbocycles. The summed E-state index contributed by atoms with van der Waals surface area (Å²) in [7, 11) is 0. The number of carboxylic acid groups (broad SMARTS) is 1. The Bertz CT molecular complexity index is 825. The molecular formula is C22H30N2O4S. The second-order valence-corrected chi connectivity index (χ2v) is 10.1. The normalized spacial score (nSPS) is 30.6. The highest BCUT2D eigenvalue weighted by molar-refractivity contribution is 7.17. The summed E-state index contributed by atoms with van der Waals surface area (Å²) in [5.74, 6) is -1.97. The minimum atomic E-state index is -0.873. The summed E-state index contributed by atoms with van der Waals surface area (Å²) in [5, 5.41) is 13.2. The predicted molar refractivity (Wildman–Crippen MR) is 112 cm³/mol. The van der Waals surface area contributed by atoms with Crippen LogP contribution < -0.4 is 11.1 Å². The lowest BCUT2D eigenvalue weighted by Crippen LogP contribution is -2.49. The number of fused-ring (bicyclic) bond motifs is 4. The molecule has 1 aromatic heterocycles. The highest BCUT2D eigenvalue weighted by Crippen LogP contribution is 2.50. The van der Waals surface area contributed by atoms with E-state index in [2.05, 4.69) is 12.2 Å². The summed E-state index contributed by atoms with van der Waals surface area (Å²) in [6.45, 7) is 2.18. The molecular weight excluding hydrogens is 388 g/mol. The Morgan fingerprint density at radius 3 is 2.34 bits per heavy atom. The van der Waals surface area contributed by atoms with Gasteiger partial charge in [0.2, 0.25) is 5.91 Å². The van der Waals surface area contributed by atoms with Crippen LogP contribution in [0.4, 0.5) is 5.00 Å². The van der Waals surface area contributed by atoms with E-state index in [0.29, 0.717) is 16.5 Å². The number of nitrogens with two attached hydrogens (primary N) is 1. The molecule has 0 spiro atoms. The van der Waals surface area contributed by atoms with E-state index < -0.39 is 23.7 Å². The van der Waals surface area contributed by atoms with E-state index in [1.807, 2.05) is 0 Å². The number of nitrogens with one attached hydrogen (secondary N) is 1. The molecule has 4 aliphatic rings. The number of primary amides is 1. The van der Waals surface area contributed by atoms with Gasteiger partial charge in [0.25, 0.3) is 5.91 Å². The molecule has 1 aromatic rings. The number of amides is 2. The van der Waals surface area contributed by atoms with Crippen molar-refractivity contribution >= 4 is 34.1 Å². The number of hydrogen-bond acceptors (Lipinski definition) is 4. The molecule has 0 aliphatic heterocycles. The van der Waals surface area contributed by atoms with Crippen LogP contribution in [0.25, 0.3) is 0 Å². The van der Waals surface area contributed by atoms with Crippen LogP contribution in [0.5, 0.6) is 0 Å². The molecule has 1 heterocycles. The van der Waals surface area contributed by atoms with Crippen molar-refractivity contribution in [2.75, 3.05) is 5.32 Å². The average molecular weight is 419 g/mol. The Morgan fingerprint density at radius 1 is 1.10 bits per heavy atom. The van der Waals surface area contributed by atoms with E-state index in [-0.39, 0.29) is 17.7 Å². The van der Waals surface area contributed by atoms with Crippen LogP contribution in [0, 0.1) is 29.6 Å². The molecule has 3 unspecified atom stereocenters. The number of thiophene rings is 1. The van der Waals surface area contributed by atoms with E-state index in [9.17, 15) is 19.5 Å². The molecule has 158 valence electrons. The lowest BCUT2D eigenvalue weighted by atomic mass is 9.58. The third-order valence-electron chi connectivity index (χ3n) is 7.35. The van der Waals surface area contributed by atoms with Gasteiger partial charge in [-0.3, -0.25) is 14.4 Å². The summed E-state index contributed by atoms with van der Waals surface area (Å²) >= 11 is 1.46. The van der Waals surface area contributed by atoms with Gasteiger partial charge in [-0.05, 0) is 68.3 Å². The fourth-order valence-electron chi connectivity index (χ4n) is 6.03. The quantitative estimate of drug-likeness (QED) is 0.652. The van der Waals surface area contributed by atoms with Gasteiger partial charge in [0.05, 0.1) is 17.4 Å². The number of carbonyl (C=O) groups excluding carboxylic acids is 2. The zero-order valence-electron chi connectivity index (χ0n) is 16.9. The number of carboxylic acids is 1. The molecule has 2 bridgehead atoms. The molecule has 29 heavy (non-hydrogen) atoms. The molecule has 3 atom stereocenters. The maximum absolute atomic E-state index is 13.2.